The topological polar surface area (TPSA) is 88.2 Å². The Balaban J connectivity index is 1.56. The first-order valence-electron chi connectivity index (χ1n) is 9.38. The minimum atomic E-state index is -4.37. The van der Waals surface area contributed by atoms with Crippen molar-refractivity contribution < 1.29 is 17.7 Å². The van der Waals surface area contributed by atoms with Gasteiger partial charge in [0.1, 0.15) is 5.69 Å². The standard InChI is InChI=1S/C20H21F3N6O/c1-2-24-19(27-13-14-6-5-7-15(12-14)20(21,22)23)26-11-9-17-28-18(30-29-17)16-8-3-4-10-25-16/h3-8,10,12H,2,9,11,13H2,1H3,(H2,24,26,27). The molecule has 0 atom stereocenters. The second-order valence-corrected chi connectivity index (χ2v) is 6.30. The number of nitrogens with one attached hydrogen (secondary N) is 2. The Morgan fingerprint density at radius 2 is 2.00 bits per heavy atom. The maximum Gasteiger partial charge on any atom is 0.416 e. The number of pyridine rings is 1. The van der Waals surface area contributed by atoms with E-state index in [1.54, 1.807) is 24.4 Å². The van der Waals surface area contributed by atoms with Gasteiger partial charge in [-0.1, -0.05) is 23.4 Å². The van der Waals surface area contributed by atoms with Crippen molar-refractivity contribution in [1.82, 2.24) is 25.8 Å². The van der Waals surface area contributed by atoms with Crippen LogP contribution >= 0.6 is 0 Å². The van der Waals surface area contributed by atoms with Crippen molar-refractivity contribution in [1.29, 1.82) is 0 Å². The number of halogens is 3. The third-order valence-electron chi connectivity index (χ3n) is 4.01. The Morgan fingerprint density at radius 1 is 1.13 bits per heavy atom. The van der Waals surface area contributed by atoms with Crippen LogP contribution in [0.15, 0.2) is 58.2 Å². The summed E-state index contributed by atoms with van der Waals surface area (Å²) in [4.78, 5) is 12.8. The average Bonchev–Trinajstić information content (AvgIpc) is 3.21. The van der Waals surface area contributed by atoms with Crippen molar-refractivity contribution in [2.75, 3.05) is 13.1 Å². The monoisotopic (exact) mass is 418 g/mol. The van der Waals surface area contributed by atoms with Crippen LogP contribution in [0.4, 0.5) is 13.2 Å². The van der Waals surface area contributed by atoms with Gasteiger partial charge < -0.3 is 15.2 Å². The Kier molecular flexibility index (Phi) is 6.99. The van der Waals surface area contributed by atoms with Crippen molar-refractivity contribution in [3.05, 3.63) is 65.6 Å². The van der Waals surface area contributed by atoms with Gasteiger partial charge in [-0.05, 0) is 36.8 Å². The summed E-state index contributed by atoms with van der Waals surface area (Å²) in [6, 6.07) is 10.5. The van der Waals surface area contributed by atoms with Gasteiger partial charge >= 0.3 is 6.18 Å². The lowest BCUT2D eigenvalue weighted by atomic mass is 10.1. The van der Waals surface area contributed by atoms with Crippen LogP contribution in [0.25, 0.3) is 11.6 Å². The van der Waals surface area contributed by atoms with E-state index in [4.69, 9.17) is 4.52 Å². The first-order chi connectivity index (χ1) is 14.5. The van der Waals surface area contributed by atoms with Gasteiger partial charge in [-0.15, -0.1) is 0 Å². The smallest absolute Gasteiger partial charge is 0.357 e. The second-order valence-electron chi connectivity index (χ2n) is 6.30. The predicted octanol–water partition coefficient (Wildman–Crippen LogP) is 3.45. The molecule has 0 radical (unpaired) electrons. The molecule has 7 nitrogen and oxygen atoms in total. The Hall–Kier alpha value is -3.43. The highest BCUT2D eigenvalue weighted by molar-refractivity contribution is 5.79. The number of benzene rings is 1. The molecule has 2 N–H and O–H groups in total. The lowest BCUT2D eigenvalue weighted by Crippen LogP contribution is -2.38. The van der Waals surface area contributed by atoms with Crippen LogP contribution in [-0.4, -0.2) is 34.2 Å². The second kappa shape index (κ2) is 9.86. The van der Waals surface area contributed by atoms with Gasteiger partial charge in [0.2, 0.25) is 0 Å². The van der Waals surface area contributed by atoms with Gasteiger partial charge in [0, 0.05) is 25.7 Å². The van der Waals surface area contributed by atoms with E-state index in [1.807, 2.05) is 13.0 Å². The summed E-state index contributed by atoms with van der Waals surface area (Å²) in [5, 5.41) is 10.1. The molecule has 10 heteroatoms. The average molecular weight is 418 g/mol. The molecule has 0 aliphatic rings. The summed E-state index contributed by atoms with van der Waals surface area (Å²) in [5.74, 6) is 1.34. The summed E-state index contributed by atoms with van der Waals surface area (Å²) in [5.41, 5.74) is 0.384. The highest BCUT2D eigenvalue weighted by Gasteiger charge is 2.30. The number of hydrogen-bond acceptors (Lipinski definition) is 5. The van der Waals surface area contributed by atoms with Crippen LogP contribution in [0.2, 0.25) is 0 Å². The van der Waals surface area contributed by atoms with E-state index >= 15 is 0 Å². The fourth-order valence-corrected chi connectivity index (χ4v) is 2.60. The molecule has 0 unspecified atom stereocenters. The maximum absolute atomic E-state index is 12.8. The van der Waals surface area contributed by atoms with Crippen LogP contribution in [0.1, 0.15) is 23.9 Å². The molecule has 3 aromatic rings. The molecule has 0 bridgehead atoms. The zero-order valence-electron chi connectivity index (χ0n) is 16.3. The van der Waals surface area contributed by atoms with Crippen molar-refractivity contribution in [3.8, 4) is 11.6 Å². The Labute approximate surface area is 171 Å². The van der Waals surface area contributed by atoms with Gasteiger partial charge in [-0.2, -0.15) is 18.2 Å². The number of aromatic nitrogens is 3. The fraction of sp³-hybridized carbons (Fsp3) is 0.300. The molecule has 0 saturated carbocycles. The molecule has 0 aliphatic heterocycles. The maximum atomic E-state index is 12.8. The zero-order chi connectivity index (χ0) is 21.4. The first-order valence-corrected chi connectivity index (χ1v) is 9.38. The predicted molar refractivity (Wildman–Crippen MR) is 105 cm³/mol. The molecule has 0 amide bonds. The minimum absolute atomic E-state index is 0.116. The molecule has 30 heavy (non-hydrogen) atoms. The molecule has 0 saturated heterocycles. The largest absolute Gasteiger partial charge is 0.416 e. The van der Waals surface area contributed by atoms with Crippen molar-refractivity contribution in [2.45, 2.75) is 26.1 Å². The Morgan fingerprint density at radius 3 is 2.73 bits per heavy atom. The van der Waals surface area contributed by atoms with E-state index in [-0.39, 0.29) is 6.54 Å². The van der Waals surface area contributed by atoms with Crippen LogP contribution in [-0.2, 0) is 19.1 Å². The molecule has 0 aliphatic carbocycles. The molecule has 1 aromatic carbocycles. The van der Waals surface area contributed by atoms with E-state index in [0.29, 0.717) is 48.4 Å². The van der Waals surface area contributed by atoms with E-state index in [2.05, 4.69) is 30.8 Å². The van der Waals surface area contributed by atoms with Crippen molar-refractivity contribution >= 4 is 5.96 Å². The third kappa shape index (κ3) is 6.03. The van der Waals surface area contributed by atoms with Gasteiger partial charge in [0.15, 0.2) is 11.8 Å². The van der Waals surface area contributed by atoms with Crippen LogP contribution < -0.4 is 10.6 Å². The highest BCUT2D eigenvalue weighted by atomic mass is 19.4. The van der Waals surface area contributed by atoms with E-state index in [9.17, 15) is 13.2 Å². The number of hydrogen-bond donors (Lipinski definition) is 2. The number of alkyl halides is 3. The summed E-state index contributed by atoms with van der Waals surface area (Å²) in [6.07, 6.45) is -2.25. The summed E-state index contributed by atoms with van der Waals surface area (Å²) >= 11 is 0. The molecule has 2 heterocycles. The van der Waals surface area contributed by atoms with Crippen LogP contribution in [0.3, 0.4) is 0 Å². The zero-order valence-corrected chi connectivity index (χ0v) is 16.3. The highest BCUT2D eigenvalue weighted by Crippen LogP contribution is 2.29. The molecular weight excluding hydrogens is 397 g/mol. The Bertz CT molecular complexity index is 972. The molecule has 0 fully saturated rings. The quantitative estimate of drug-likeness (QED) is 0.451. The molecule has 0 spiro atoms. The number of aliphatic imine (C=N–C) groups is 1. The van der Waals surface area contributed by atoms with Gasteiger partial charge in [0.05, 0.1) is 12.1 Å². The lowest BCUT2D eigenvalue weighted by molar-refractivity contribution is -0.137. The summed E-state index contributed by atoms with van der Waals surface area (Å²) < 4.78 is 43.7. The van der Waals surface area contributed by atoms with Crippen molar-refractivity contribution in [3.63, 3.8) is 0 Å². The SMILES string of the molecule is CCNC(=NCc1cccc(C(F)(F)F)c1)NCCc1noc(-c2ccccn2)n1. The van der Waals surface area contributed by atoms with Gasteiger partial charge in [0.25, 0.3) is 5.89 Å². The van der Waals surface area contributed by atoms with E-state index < -0.39 is 11.7 Å². The number of nitrogens with zero attached hydrogens (tertiary/aromatic N) is 4. The van der Waals surface area contributed by atoms with E-state index in [0.717, 1.165) is 12.1 Å². The first kappa shape index (κ1) is 21.3. The number of guanidine groups is 1. The molecule has 2 aromatic heterocycles. The molecule has 3 rings (SSSR count). The summed E-state index contributed by atoms with van der Waals surface area (Å²) in [7, 11) is 0. The molecule has 158 valence electrons. The fourth-order valence-electron chi connectivity index (χ4n) is 2.60. The van der Waals surface area contributed by atoms with Gasteiger partial charge in [-0.25, -0.2) is 4.99 Å². The normalized spacial score (nSPS) is 12.1. The number of rotatable bonds is 7. The third-order valence-corrected chi connectivity index (χ3v) is 4.01. The van der Waals surface area contributed by atoms with Crippen molar-refractivity contribution in [2.24, 2.45) is 4.99 Å². The van der Waals surface area contributed by atoms with Crippen LogP contribution in [0.5, 0.6) is 0 Å². The molecular formula is C20H21F3N6O. The van der Waals surface area contributed by atoms with Gasteiger partial charge in [-0.3, -0.25) is 4.98 Å². The minimum Gasteiger partial charge on any atom is -0.357 e. The lowest BCUT2D eigenvalue weighted by Gasteiger charge is -2.11. The summed E-state index contributed by atoms with van der Waals surface area (Å²) in [6.45, 7) is 3.10. The van der Waals surface area contributed by atoms with E-state index in [1.165, 1.54) is 6.07 Å². The van der Waals surface area contributed by atoms with Crippen LogP contribution in [0, 0.1) is 0 Å².